The lowest BCUT2D eigenvalue weighted by molar-refractivity contribution is 0.403. The van der Waals surface area contributed by atoms with Crippen molar-refractivity contribution in [2.24, 2.45) is 0 Å². The van der Waals surface area contributed by atoms with Gasteiger partial charge in [0.15, 0.2) is 0 Å². The van der Waals surface area contributed by atoms with Gasteiger partial charge in [0.1, 0.15) is 0 Å². The minimum Gasteiger partial charge on any atom is -0.311 e. The van der Waals surface area contributed by atoms with Crippen molar-refractivity contribution in [2.75, 3.05) is 18.6 Å². The number of aryl methyl sites for hydroxylation is 1. The molecule has 0 bridgehead atoms. The summed E-state index contributed by atoms with van der Waals surface area (Å²) >= 11 is 1.93. The van der Waals surface area contributed by atoms with Gasteiger partial charge in [-0.3, -0.25) is 0 Å². The molecule has 0 heterocycles. The van der Waals surface area contributed by atoms with Gasteiger partial charge in [-0.2, -0.15) is 11.8 Å². The Hall–Kier alpha value is -0.470. The summed E-state index contributed by atoms with van der Waals surface area (Å²) in [4.78, 5) is 0. The maximum absolute atomic E-state index is 3.64. The lowest BCUT2D eigenvalue weighted by Crippen LogP contribution is -2.38. The Bertz CT molecular complexity index is 354. The highest BCUT2D eigenvalue weighted by Gasteiger charge is 2.15. The first-order valence-electron chi connectivity index (χ1n) is 6.73. The van der Waals surface area contributed by atoms with Crippen LogP contribution in [0.1, 0.15) is 44.2 Å². The third-order valence-electron chi connectivity index (χ3n) is 3.06. The Balaban J connectivity index is 2.71. The van der Waals surface area contributed by atoms with E-state index in [-0.39, 0.29) is 5.54 Å². The van der Waals surface area contributed by atoms with Crippen LogP contribution in [0.25, 0.3) is 0 Å². The van der Waals surface area contributed by atoms with Crippen molar-refractivity contribution in [3.63, 3.8) is 0 Å². The van der Waals surface area contributed by atoms with Crippen LogP contribution in [0.2, 0.25) is 0 Å². The topological polar surface area (TPSA) is 12.0 Å². The number of hydrogen-bond donors (Lipinski definition) is 1. The third kappa shape index (κ3) is 5.92. The smallest absolute Gasteiger partial charge is 0.00967 e. The number of rotatable bonds is 6. The summed E-state index contributed by atoms with van der Waals surface area (Å²) in [5.41, 5.74) is 3.03. The monoisotopic (exact) mass is 265 g/mol. The van der Waals surface area contributed by atoms with Crippen LogP contribution in [0.5, 0.6) is 0 Å². The quantitative estimate of drug-likeness (QED) is 0.826. The van der Waals surface area contributed by atoms with E-state index in [0.29, 0.717) is 5.92 Å². The largest absolute Gasteiger partial charge is 0.311 e. The van der Waals surface area contributed by atoms with E-state index in [9.17, 15) is 0 Å². The van der Waals surface area contributed by atoms with E-state index in [4.69, 9.17) is 0 Å². The molecule has 1 nitrogen and oxygen atoms in total. The van der Waals surface area contributed by atoms with Gasteiger partial charge in [0, 0.05) is 12.1 Å². The van der Waals surface area contributed by atoms with Gasteiger partial charge in [0.25, 0.3) is 0 Å². The molecule has 0 aliphatic rings. The van der Waals surface area contributed by atoms with Crippen LogP contribution in [0, 0.1) is 6.92 Å². The maximum Gasteiger partial charge on any atom is 0.00967 e. The standard InChI is InChI=1S/C16H27NS/c1-13-7-6-8-14(11-13)15(9-10-18-5)12-17-16(2,3)4/h6-8,11,15,17H,9-10,12H2,1-5H3. The fourth-order valence-corrected chi connectivity index (χ4v) is 2.52. The van der Waals surface area contributed by atoms with Gasteiger partial charge in [-0.25, -0.2) is 0 Å². The van der Waals surface area contributed by atoms with E-state index in [1.807, 2.05) is 11.8 Å². The Kier molecular flexibility index (Phi) is 6.24. The fraction of sp³-hybridized carbons (Fsp3) is 0.625. The second-order valence-corrected chi connectivity index (χ2v) is 7.01. The second kappa shape index (κ2) is 7.20. The molecule has 1 unspecified atom stereocenters. The number of hydrogen-bond acceptors (Lipinski definition) is 2. The van der Waals surface area contributed by atoms with Crippen LogP contribution in [0.4, 0.5) is 0 Å². The minimum absolute atomic E-state index is 0.196. The van der Waals surface area contributed by atoms with Crippen molar-refractivity contribution < 1.29 is 0 Å². The van der Waals surface area contributed by atoms with Gasteiger partial charge in [-0.15, -0.1) is 0 Å². The number of benzene rings is 1. The summed E-state index contributed by atoms with van der Waals surface area (Å²) in [6, 6.07) is 8.94. The van der Waals surface area contributed by atoms with Crippen molar-refractivity contribution >= 4 is 11.8 Å². The predicted octanol–water partition coefficient (Wildman–Crippen LogP) is 4.22. The molecule has 1 rings (SSSR count). The van der Waals surface area contributed by atoms with Crippen molar-refractivity contribution in [2.45, 2.75) is 45.6 Å². The molecule has 0 fully saturated rings. The predicted molar refractivity (Wildman–Crippen MR) is 84.7 cm³/mol. The number of thioether (sulfide) groups is 1. The zero-order valence-electron chi connectivity index (χ0n) is 12.4. The average molecular weight is 265 g/mol. The summed E-state index contributed by atoms with van der Waals surface area (Å²) in [5.74, 6) is 1.85. The molecule has 1 aromatic rings. The summed E-state index contributed by atoms with van der Waals surface area (Å²) in [7, 11) is 0. The molecule has 1 atom stereocenters. The summed E-state index contributed by atoms with van der Waals surface area (Å²) < 4.78 is 0. The van der Waals surface area contributed by atoms with E-state index in [1.54, 1.807) is 0 Å². The molecule has 0 aromatic heterocycles. The summed E-state index contributed by atoms with van der Waals surface area (Å²) in [6.45, 7) is 9.93. The van der Waals surface area contributed by atoms with Crippen LogP contribution in [0.15, 0.2) is 24.3 Å². The molecule has 0 radical (unpaired) electrons. The zero-order valence-corrected chi connectivity index (χ0v) is 13.2. The van der Waals surface area contributed by atoms with Crippen LogP contribution in [-0.4, -0.2) is 24.1 Å². The highest BCUT2D eigenvalue weighted by molar-refractivity contribution is 7.98. The van der Waals surface area contributed by atoms with E-state index >= 15 is 0 Å². The number of nitrogens with one attached hydrogen (secondary N) is 1. The molecular weight excluding hydrogens is 238 g/mol. The van der Waals surface area contributed by atoms with Gasteiger partial charge < -0.3 is 5.32 Å². The molecule has 0 aliphatic heterocycles. The first kappa shape index (κ1) is 15.6. The van der Waals surface area contributed by atoms with Crippen LogP contribution >= 0.6 is 11.8 Å². The van der Waals surface area contributed by atoms with Crippen molar-refractivity contribution in [3.8, 4) is 0 Å². The normalized spacial score (nSPS) is 13.6. The third-order valence-corrected chi connectivity index (χ3v) is 3.71. The minimum atomic E-state index is 0.196. The van der Waals surface area contributed by atoms with E-state index in [0.717, 1.165) is 6.54 Å². The Morgan fingerprint density at radius 3 is 2.56 bits per heavy atom. The van der Waals surface area contributed by atoms with Crippen molar-refractivity contribution in [1.29, 1.82) is 0 Å². The van der Waals surface area contributed by atoms with E-state index < -0.39 is 0 Å². The molecule has 102 valence electrons. The van der Waals surface area contributed by atoms with Gasteiger partial charge >= 0.3 is 0 Å². The molecular formula is C16H27NS. The van der Waals surface area contributed by atoms with Crippen molar-refractivity contribution in [3.05, 3.63) is 35.4 Å². The first-order chi connectivity index (χ1) is 8.42. The Morgan fingerprint density at radius 2 is 2.00 bits per heavy atom. The van der Waals surface area contributed by atoms with Crippen LogP contribution in [0.3, 0.4) is 0 Å². The molecule has 1 N–H and O–H groups in total. The van der Waals surface area contributed by atoms with Gasteiger partial charge in [-0.1, -0.05) is 29.8 Å². The molecule has 0 amide bonds. The van der Waals surface area contributed by atoms with Crippen molar-refractivity contribution in [1.82, 2.24) is 5.32 Å². The van der Waals surface area contributed by atoms with Crippen LogP contribution in [-0.2, 0) is 0 Å². The SMILES string of the molecule is CSCCC(CNC(C)(C)C)c1cccc(C)c1. The van der Waals surface area contributed by atoms with Gasteiger partial charge in [0.05, 0.1) is 0 Å². The molecule has 1 aromatic carbocycles. The highest BCUT2D eigenvalue weighted by atomic mass is 32.2. The molecule has 18 heavy (non-hydrogen) atoms. The molecule has 0 spiro atoms. The lowest BCUT2D eigenvalue weighted by atomic mass is 9.94. The van der Waals surface area contributed by atoms with Gasteiger partial charge in [0.2, 0.25) is 0 Å². The van der Waals surface area contributed by atoms with Crippen LogP contribution < -0.4 is 5.32 Å². The molecule has 2 heteroatoms. The second-order valence-electron chi connectivity index (χ2n) is 6.02. The van der Waals surface area contributed by atoms with E-state index in [2.05, 4.69) is 63.5 Å². The summed E-state index contributed by atoms with van der Waals surface area (Å²) in [6.07, 6.45) is 3.43. The molecule has 0 aliphatic carbocycles. The zero-order chi connectivity index (χ0) is 13.6. The molecule has 0 saturated carbocycles. The fourth-order valence-electron chi connectivity index (χ4n) is 2.00. The Labute approximate surface area is 117 Å². The van der Waals surface area contributed by atoms with Gasteiger partial charge in [-0.05, 0) is 57.6 Å². The average Bonchev–Trinajstić information content (AvgIpc) is 2.28. The Morgan fingerprint density at radius 1 is 1.28 bits per heavy atom. The lowest BCUT2D eigenvalue weighted by Gasteiger charge is -2.25. The summed E-state index contributed by atoms with van der Waals surface area (Å²) in [5, 5.41) is 3.64. The molecule has 0 saturated heterocycles. The highest BCUT2D eigenvalue weighted by Crippen LogP contribution is 2.22. The maximum atomic E-state index is 3.64. The first-order valence-corrected chi connectivity index (χ1v) is 8.12. The van der Waals surface area contributed by atoms with E-state index in [1.165, 1.54) is 23.3 Å².